The van der Waals surface area contributed by atoms with Crippen molar-refractivity contribution in [2.45, 2.75) is 6.92 Å². The molecule has 0 radical (unpaired) electrons. The van der Waals surface area contributed by atoms with Crippen molar-refractivity contribution in [3.8, 4) is 5.75 Å². The van der Waals surface area contributed by atoms with Crippen molar-refractivity contribution in [1.29, 1.82) is 0 Å². The minimum Gasteiger partial charge on any atom is -0.493 e. The van der Waals surface area contributed by atoms with Crippen LogP contribution in [0.25, 0.3) is 0 Å². The Balaban J connectivity index is 1.75. The fourth-order valence-electron chi connectivity index (χ4n) is 2.19. The summed E-state index contributed by atoms with van der Waals surface area (Å²) in [6.07, 6.45) is 0. The molecule has 1 fully saturated rings. The predicted octanol–water partition coefficient (Wildman–Crippen LogP) is 1.88. The van der Waals surface area contributed by atoms with Gasteiger partial charge in [0.2, 0.25) is 0 Å². The number of ether oxygens (including phenoxy) is 1. The zero-order valence-electron chi connectivity index (χ0n) is 11.2. The normalized spacial score (nSPS) is 18.3. The van der Waals surface area contributed by atoms with E-state index in [1.54, 1.807) is 0 Å². The fourth-order valence-corrected chi connectivity index (χ4v) is 2.19. The number of nitrogens with zero attached hydrogens (tertiary/aromatic N) is 1. The van der Waals surface area contributed by atoms with E-state index in [4.69, 9.17) is 4.74 Å². The van der Waals surface area contributed by atoms with Crippen LogP contribution < -0.4 is 10.1 Å². The fraction of sp³-hybridized carbons (Fsp3) is 0.571. The largest absolute Gasteiger partial charge is 0.493 e. The van der Waals surface area contributed by atoms with Gasteiger partial charge in [0.25, 0.3) is 0 Å². The van der Waals surface area contributed by atoms with Gasteiger partial charge in [-0.3, -0.25) is 0 Å². The number of hydrogen-bond donors (Lipinski definition) is 1. The van der Waals surface area contributed by atoms with Gasteiger partial charge in [-0.1, -0.05) is 6.92 Å². The van der Waals surface area contributed by atoms with Gasteiger partial charge in [-0.25, -0.2) is 8.78 Å². The number of piperazine rings is 1. The summed E-state index contributed by atoms with van der Waals surface area (Å²) in [6.45, 7) is 7.72. The van der Waals surface area contributed by atoms with E-state index in [9.17, 15) is 8.78 Å². The van der Waals surface area contributed by atoms with E-state index in [0.29, 0.717) is 18.3 Å². The molecule has 106 valence electrons. The van der Waals surface area contributed by atoms with Crippen LogP contribution in [0.3, 0.4) is 0 Å². The summed E-state index contributed by atoms with van der Waals surface area (Å²) < 4.78 is 31.3. The first kappa shape index (κ1) is 14.2. The molecule has 1 N–H and O–H groups in total. The average Bonchev–Trinajstić information content (AvgIpc) is 2.41. The van der Waals surface area contributed by atoms with Gasteiger partial charge in [0.15, 0.2) is 11.6 Å². The van der Waals surface area contributed by atoms with Gasteiger partial charge in [0.05, 0.1) is 6.61 Å². The standard InChI is InChI=1S/C14H20F2N2O/c1-11(9-18-6-4-17-5-7-18)10-19-12-2-3-13(15)14(16)8-12/h2-3,8,11,17H,4-7,9-10H2,1H3. The molecule has 3 nitrogen and oxygen atoms in total. The van der Waals surface area contributed by atoms with E-state index in [1.165, 1.54) is 6.07 Å². The maximum atomic E-state index is 13.0. The molecule has 2 rings (SSSR count). The molecule has 5 heteroatoms. The molecule has 0 bridgehead atoms. The van der Waals surface area contributed by atoms with Crippen LogP contribution in [0.2, 0.25) is 0 Å². The Morgan fingerprint density at radius 1 is 1.26 bits per heavy atom. The summed E-state index contributed by atoms with van der Waals surface area (Å²) in [6, 6.07) is 3.63. The summed E-state index contributed by atoms with van der Waals surface area (Å²) in [5, 5.41) is 3.31. The van der Waals surface area contributed by atoms with Crippen LogP contribution in [0.15, 0.2) is 18.2 Å². The monoisotopic (exact) mass is 270 g/mol. The Morgan fingerprint density at radius 2 is 2.00 bits per heavy atom. The number of rotatable bonds is 5. The molecule has 1 saturated heterocycles. The van der Waals surface area contributed by atoms with Crippen molar-refractivity contribution < 1.29 is 13.5 Å². The van der Waals surface area contributed by atoms with E-state index in [2.05, 4.69) is 17.1 Å². The minimum atomic E-state index is -0.868. The van der Waals surface area contributed by atoms with Crippen LogP contribution in [-0.4, -0.2) is 44.2 Å². The second-order valence-corrected chi connectivity index (χ2v) is 5.04. The molecule has 1 aliphatic heterocycles. The Labute approximate surface area is 112 Å². The number of benzene rings is 1. The van der Waals surface area contributed by atoms with Gasteiger partial charge >= 0.3 is 0 Å². The summed E-state index contributed by atoms with van der Waals surface area (Å²) in [5.41, 5.74) is 0. The maximum Gasteiger partial charge on any atom is 0.162 e. The number of hydrogen-bond acceptors (Lipinski definition) is 3. The molecule has 1 atom stereocenters. The second-order valence-electron chi connectivity index (χ2n) is 5.04. The third-order valence-corrected chi connectivity index (χ3v) is 3.21. The predicted molar refractivity (Wildman–Crippen MR) is 70.3 cm³/mol. The van der Waals surface area contributed by atoms with Crippen molar-refractivity contribution >= 4 is 0 Å². The maximum absolute atomic E-state index is 13.0. The van der Waals surface area contributed by atoms with Crippen LogP contribution in [0.1, 0.15) is 6.92 Å². The topological polar surface area (TPSA) is 24.5 Å². The second kappa shape index (κ2) is 6.82. The lowest BCUT2D eigenvalue weighted by Gasteiger charge is -2.29. The van der Waals surface area contributed by atoms with Gasteiger partial charge in [0.1, 0.15) is 5.75 Å². The first-order chi connectivity index (χ1) is 9.15. The van der Waals surface area contributed by atoms with Crippen LogP contribution >= 0.6 is 0 Å². The van der Waals surface area contributed by atoms with Crippen LogP contribution in [0.4, 0.5) is 8.78 Å². The lowest BCUT2D eigenvalue weighted by molar-refractivity contribution is 0.171. The lowest BCUT2D eigenvalue weighted by Crippen LogP contribution is -2.45. The van der Waals surface area contributed by atoms with Crippen LogP contribution in [0, 0.1) is 17.6 Å². The molecular formula is C14H20F2N2O. The molecule has 1 aliphatic rings. The Kier molecular flexibility index (Phi) is 5.10. The molecule has 1 unspecified atom stereocenters. The smallest absolute Gasteiger partial charge is 0.162 e. The van der Waals surface area contributed by atoms with E-state index in [-0.39, 0.29) is 0 Å². The SMILES string of the molecule is CC(COc1ccc(F)c(F)c1)CN1CCNCC1. The van der Waals surface area contributed by atoms with Crippen molar-refractivity contribution in [3.63, 3.8) is 0 Å². The van der Waals surface area contributed by atoms with Crippen molar-refractivity contribution in [3.05, 3.63) is 29.8 Å². The highest BCUT2D eigenvalue weighted by atomic mass is 19.2. The molecule has 0 aromatic heterocycles. The zero-order valence-corrected chi connectivity index (χ0v) is 11.2. The lowest BCUT2D eigenvalue weighted by atomic mass is 10.1. The molecule has 19 heavy (non-hydrogen) atoms. The van der Waals surface area contributed by atoms with Gasteiger partial charge in [-0.2, -0.15) is 0 Å². The van der Waals surface area contributed by atoms with Gasteiger partial charge in [-0.15, -0.1) is 0 Å². The first-order valence-electron chi connectivity index (χ1n) is 6.66. The Bertz CT molecular complexity index is 408. The summed E-state index contributed by atoms with van der Waals surface area (Å²) in [7, 11) is 0. The third kappa shape index (κ3) is 4.44. The third-order valence-electron chi connectivity index (χ3n) is 3.21. The van der Waals surface area contributed by atoms with Crippen molar-refractivity contribution in [2.75, 3.05) is 39.3 Å². The molecule has 0 aliphatic carbocycles. The van der Waals surface area contributed by atoms with Gasteiger partial charge in [0, 0.05) is 44.7 Å². The van der Waals surface area contributed by atoms with Crippen LogP contribution in [-0.2, 0) is 0 Å². The molecule has 0 saturated carbocycles. The highest BCUT2D eigenvalue weighted by Crippen LogP contribution is 2.16. The zero-order chi connectivity index (χ0) is 13.7. The average molecular weight is 270 g/mol. The number of halogens is 2. The highest BCUT2D eigenvalue weighted by molar-refractivity contribution is 5.23. The highest BCUT2D eigenvalue weighted by Gasteiger charge is 2.13. The Morgan fingerprint density at radius 3 is 2.68 bits per heavy atom. The van der Waals surface area contributed by atoms with Crippen LogP contribution in [0.5, 0.6) is 5.75 Å². The first-order valence-corrected chi connectivity index (χ1v) is 6.66. The van der Waals surface area contributed by atoms with Crippen molar-refractivity contribution in [2.24, 2.45) is 5.92 Å². The minimum absolute atomic E-state index is 0.353. The molecular weight excluding hydrogens is 250 g/mol. The molecule has 1 aromatic rings. The quantitative estimate of drug-likeness (QED) is 0.884. The van der Waals surface area contributed by atoms with E-state index in [1.807, 2.05) is 0 Å². The van der Waals surface area contributed by atoms with E-state index in [0.717, 1.165) is 44.9 Å². The summed E-state index contributed by atoms with van der Waals surface area (Å²) >= 11 is 0. The molecule has 1 aromatic carbocycles. The van der Waals surface area contributed by atoms with Crippen molar-refractivity contribution in [1.82, 2.24) is 10.2 Å². The van der Waals surface area contributed by atoms with Gasteiger partial charge in [-0.05, 0) is 12.1 Å². The summed E-state index contributed by atoms with van der Waals surface area (Å²) in [4.78, 5) is 2.38. The van der Waals surface area contributed by atoms with E-state index >= 15 is 0 Å². The molecule has 0 spiro atoms. The summed E-state index contributed by atoms with van der Waals surface area (Å²) in [5.74, 6) is -0.981. The number of nitrogens with one attached hydrogen (secondary N) is 1. The van der Waals surface area contributed by atoms with Gasteiger partial charge < -0.3 is 15.0 Å². The van der Waals surface area contributed by atoms with E-state index < -0.39 is 11.6 Å². The Hall–Kier alpha value is -1.20. The molecule has 1 heterocycles. The molecule has 0 amide bonds.